The van der Waals surface area contributed by atoms with Crippen LogP contribution in [0, 0.1) is 0 Å². The van der Waals surface area contributed by atoms with Crippen molar-refractivity contribution >= 4 is 10.1 Å². The lowest BCUT2D eigenvalue weighted by molar-refractivity contribution is 0.216. The maximum absolute atomic E-state index is 11.3. The molecule has 0 aliphatic carbocycles. The van der Waals surface area contributed by atoms with E-state index in [1.807, 2.05) is 19.1 Å². The number of unbranched alkanes of at least 4 members (excludes halogenated alkanes) is 8. The largest absolute Gasteiger partial charge is 0.489 e. The van der Waals surface area contributed by atoms with Gasteiger partial charge in [-0.3, -0.25) is 4.55 Å². The van der Waals surface area contributed by atoms with E-state index in [2.05, 4.69) is 19.9 Å². The fourth-order valence-corrected chi connectivity index (χ4v) is 4.39. The summed E-state index contributed by atoms with van der Waals surface area (Å²) in [6.07, 6.45) is 14.5. The van der Waals surface area contributed by atoms with E-state index < -0.39 is 16.2 Å². The van der Waals surface area contributed by atoms with Crippen LogP contribution in [0.1, 0.15) is 103 Å². The Kier molecular flexibility index (Phi) is 13.3. The summed E-state index contributed by atoms with van der Waals surface area (Å²) >= 11 is 0. The predicted molar refractivity (Wildman–Crippen MR) is 122 cm³/mol. The van der Waals surface area contributed by atoms with E-state index in [1.165, 1.54) is 75.3 Å². The second-order valence-electron chi connectivity index (χ2n) is 8.21. The quantitative estimate of drug-likeness (QED) is 0.221. The summed E-state index contributed by atoms with van der Waals surface area (Å²) in [5.74, 6) is 0.368. The Morgan fingerprint density at radius 2 is 1.28 bits per heavy atom. The number of hydrogen-bond acceptors (Lipinski definition) is 3. The lowest BCUT2D eigenvalue weighted by atomic mass is 9.99. The van der Waals surface area contributed by atoms with Crippen molar-refractivity contribution in [3.05, 3.63) is 29.3 Å². The zero-order valence-corrected chi connectivity index (χ0v) is 19.6. The smallest absolute Gasteiger partial charge is 0.268 e. The molecule has 0 saturated carbocycles. The van der Waals surface area contributed by atoms with E-state index in [0.29, 0.717) is 6.42 Å². The van der Waals surface area contributed by atoms with Crippen LogP contribution >= 0.6 is 0 Å². The van der Waals surface area contributed by atoms with Gasteiger partial charge < -0.3 is 4.74 Å². The van der Waals surface area contributed by atoms with Crippen LogP contribution in [-0.2, 0) is 23.0 Å². The molecule has 4 nitrogen and oxygen atoms in total. The van der Waals surface area contributed by atoms with Crippen molar-refractivity contribution in [3.63, 3.8) is 0 Å². The van der Waals surface area contributed by atoms with Crippen molar-refractivity contribution in [2.45, 2.75) is 110 Å². The minimum Gasteiger partial charge on any atom is -0.489 e. The molecule has 0 fully saturated rings. The minimum absolute atomic E-state index is 0.364. The van der Waals surface area contributed by atoms with Gasteiger partial charge in [-0.1, -0.05) is 78.2 Å². The van der Waals surface area contributed by atoms with Crippen LogP contribution < -0.4 is 4.74 Å². The van der Waals surface area contributed by atoms with Gasteiger partial charge in [0.25, 0.3) is 10.1 Å². The van der Waals surface area contributed by atoms with Crippen LogP contribution in [0.2, 0.25) is 0 Å². The van der Waals surface area contributed by atoms with E-state index in [0.717, 1.165) is 18.6 Å². The molecule has 0 saturated heterocycles. The SMILES string of the molecule is CCCCCCCc1cc(CCCCCCC)cc(OC(CC)CS(=O)(=O)O)c1. The number of aryl methyl sites for hydroxylation is 2. The van der Waals surface area contributed by atoms with E-state index in [4.69, 9.17) is 4.74 Å². The molecule has 0 amide bonds. The third-order valence-corrected chi connectivity index (χ3v) is 6.11. The maximum Gasteiger partial charge on any atom is 0.268 e. The first-order valence-electron chi connectivity index (χ1n) is 11.6. The zero-order chi connectivity index (χ0) is 21.5. The fourth-order valence-electron chi connectivity index (χ4n) is 3.61. The molecule has 0 aromatic heterocycles. The summed E-state index contributed by atoms with van der Waals surface area (Å²) in [6.45, 7) is 6.33. The molecule has 1 rings (SSSR count). The summed E-state index contributed by atoms with van der Waals surface area (Å²) in [6, 6.07) is 6.39. The van der Waals surface area contributed by atoms with Crippen molar-refractivity contribution in [3.8, 4) is 5.75 Å². The first-order chi connectivity index (χ1) is 13.9. The van der Waals surface area contributed by atoms with Crippen molar-refractivity contribution in [2.75, 3.05) is 5.75 Å². The van der Waals surface area contributed by atoms with Crippen LogP contribution in [0.25, 0.3) is 0 Å². The zero-order valence-electron chi connectivity index (χ0n) is 18.8. The Labute approximate surface area is 179 Å². The second-order valence-corrected chi connectivity index (χ2v) is 9.71. The molecule has 1 aromatic rings. The average Bonchev–Trinajstić information content (AvgIpc) is 2.66. The highest BCUT2D eigenvalue weighted by molar-refractivity contribution is 7.85. The van der Waals surface area contributed by atoms with Crippen LogP contribution in [-0.4, -0.2) is 24.8 Å². The first kappa shape index (κ1) is 26.0. The minimum atomic E-state index is -4.05. The average molecular weight is 427 g/mol. The van der Waals surface area contributed by atoms with Gasteiger partial charge in [0.2, 0.25) is 0 Å². The maximum atomic E-state index is 11.3. The highest BCUT2D eigenvalue weighted by atomic mass is 32.2. The van der Waals surface area contributed by atoms with Crippen LogP contribution in [0.3, 0.4) is 0 Å². The Bertz CT molecular complexity index is 623. The molecule has 0 heterocycles. The summed E-state index contributed by atoms with van der Waals surface area (Å²) in [4.78, 5) is 0. The third-order valence-electron chi connectivity index (χ3n) is 5.32. The van der Waals surface area contributed by atoms with Crippen LogP contribution in [0.4, 0.5) is 0 Å². The molecule has 1 unspecified atom stereocenters. The van der Waals surface area contributed by atoms with E-state index in [9.17, 15) is 13.0 Å². The highest BCUT2D eigenvalue weighted by Gasteiger charge is 2.17. The molecule has 0 bridgehead atoms. The van der Waals surface area contributed by atoms with Crippen molar-refractivity contribution in [2.24, 2.45) is 0 Å². The van der Waals surface area contributed by atoms with Crippen LogP contribution in [0.5, 0.6) is 5.75 Å². The molecule has 5 heteroatoms. The van der Waals surface area contributed by atoms with E-state index in [-0.39, 0.29) is 5.75 Å². The molecular formula is C24H42O4S. The topological polar surface area (TPSA) is 63.6 Å². The van der Waals surface area contributed by atoms with Crippen molar-refractivity contribution < 1.29 is 17.7 Å². The Morgan fingerprint density at radius 3 is 1.69 bits per heavy atom. The predicted octanol–water partition coefficient (Wildman–Crippen LogP) is 6.76. The van der Waals surface area contributed by atoms with E-state index in [1.54, 1.807) is 0 Å². The van der Waals surface area contributed by atoms with Gasteiger partial charge in [-0.05, 0) is 55.4 Å². The number of hydrogen-bond donors (Lipinski definition) is 1. The van der Waals surface area contributed by atoms with Gasteiger partial charge in [-0.2, -0.15) is 8.42 Å². The highest BCUT2D eigenvalue weighted by Crippen LogP contribution is 2.23. The summed E-state index contributed by atoms with van der Waals surface area (Å²) in [5, 5.41) is 0. The molecule has 1 atom stereocenters. The number of rotatable bonds is 17. The first-order valence-corrected chi connectivity index (χ1v) is 13.2. The van der Waals surface area contributed by atoms with Gasteiger partial charge in [0.15, 0.2) is 0 Å². The number of ether oxygens (including phenoxy) is 1. The number of benzene rings is 1. The fraction of sp³-hybridized carbons (Fsp3) is 0.750. The summed E-state index contributed by atoms with van der Waals surface area (Å²) in [5.41, 5.74) is 2.54. The Morgan fingerprint density at radius 1 is 0.793 bits per heavy atom. The molecule has 1 aromatic carbocycles. The van der Waals surface area contributed by atoms with Crippen molar-refractivity contribution in [1.29, 1.82) is 0 Å². The van der Waals surface area contributed by atoms with Gasteiger partial charge in [-0.15, -0.1) is 0 Å². The Hall–Kier alpha value is -1.07. The molecule has 0 aliphatic rings. The third kappa shape index (κ3) is 13.0. The van der Waals surface area contributed by atoms with Gasteiger partial charge in [0, 0.05) is 0 Å². The van der Waals surface area contributed by atoms with Crippen molar-refractivity contribution in [1.82, 2.24) is 0 Å². The normalized spacial score (nSPS) is 12.8. The van der Waals surface area contributed by atoms with Gasteiger partial charge >= 0.3 is 0 Å². The van der Waals surface area contributed by atoms with E-state index >= 15 is 0 Å². The van der Waals surface area contributed by atoms with Crippen LogP contribution in [0.15, 0.2) is 18.2 Å². The molecule has 0 radical (unpaired) electrons. The summed E-state index contributed by atoms with van der Waals surface area (Å²) < 4.78 is 37.7. The monoisotopic (exact) mass is 426 g/mol. The molecule has 168 valence electrons. The molecule has 29 heavy (non-hydrogen) atoms. The lowest BCUT2D eigenvalue weighted by Gasteiger charge is -2.18. The lowest BCUT2D eigenvalue weighted by Crippen LogP contribution is -2.25. The molecular weight excluding hydrogens is 384 g/mol. The van der Waals surface area contributed by atoms with Gasteiger partial charge in [0.1, 0.15) is 17.6 Å². The van der Waals surface area contributed by atoms with Gasteiger partial charge in [-0.25, -0.2) is 0 Å². The molecule has 0 aliphatic heterocycles. The van der Waals surface area contributed by atoms with Gasteiger partial charge in [0.05, 0.1) is 0 Å². The second kappa shape index (κ2) is 14.8. The standard InChI is InChI=1S/C24H42O4S/c1-4-7-9-11-13-15-21-17-22(16-14-12-10-8-5-2)19-24(18-21)28-23(6-3)20-29(25,26)27/h17-19,23H,4-16,20H2,1-3H3,(H,25,26,27). The molecule has 1 N–H and O–H groups in total. The summed E-state index contributed by atoms with van der Waals surface area (Å²) in [7, 11) is -4.05. The molecule has 0 spiro atoms. The Balaban J connectivity index is 2.79.